The summed E-state index contributed by atoms with van der Waals surface area (Å²) in [6, 6.07) is 7.43. The highest BCUT2D eigenvalue weighted by atomic mass is 35.5. The summed E-state index contributed by atoms with van der Waals surface area (Å²) in [6.07, 6.45) is 0.798. The van der Waals surface area contributed by atoms with Crippen molar-refractivity contribution in [2.75, 3.05) is 33.4 Å². The average molecular weight is 353 g/mol. The third-order valence-corrected chi connectivity index (χ3v) is 4.90. The van der Waals surface area contributed by atoms with Crippen LogP contribution >= 0.6 is 11.6 Å². The Morgan fingerprint density at radius 2 is 2.21 bits per heavy atom. The lowest BCUT2D eigenvalue weighted by Gasteiger charge is -2.35. The summed E-state index contributed by atoms with van der Waals surface area (Å²) in [7, 11) is 2.07. The van der Waals surface area contributed by atoms with E-state index < -0.39 is 0 Å². The van der Waals surface area contributed by atoms with Crippen molar-refractivity contribution >= 4 is 17.5 Å². The first kappa shape index (κ1) is 17.7. The second-order valence-corrected chi connectivity index (χ2v) is 6.98. The molecule has 2 aliphatic rings. The third-order valence-electron chi connectivity index (χ3n) is 4.64. The number of morpholine rings is 1. The van der Waals surface area contributed by atoms with Gasteiger partial charge in [0.1, 0.15) is 0 Å². The minimum Gasteiger partial charge on any atom is -0.378 e. The molecule has 1 heterocycles. The van der Waals surface area contributed by atoms with Gasteiger partial charge < -0.3 is 19.7 Å². The van der Waals surface area contributed by atoms with Gasteiger partial charge in [-0.15, -0.1) is 0 Å². The van der Waals surface area contributed by atoms with Crippen molar-refractivity contribution in [2.45, 2.75) is 31.6 Å². The standard InChI is InChI=1S/C18H25ClN2O3/c1-3-23-15-10-14(15)18(22)20-17(12-4-6-13(19)7-5-12)16-11-21(2)8-9-24-16/h4-7,14-17H,3,8-11H2,1-2H3,(H,20,22). The Balaban J connectivity index is 1.72. The Morgan fingerprint density at radius 1 is 1.46 bits per heavy atom. The van der Waals surface area contributed by atoms with E-state index in [0.717, 1.165) is 25.1 Å². The molecule has 1 aromatic rings. The first-order valence-corrected chi connectivity index (χ1v) is 8.94. The molecule has 1 aliphatic heterocycles. The van der Waals surface area contributed by atoms with E-state index in [1.54, 1.807) is 0 Å². The van der Waals surface area contributed by atoms with Crippen molar-refractivity contribution in [3.8, 4) is 0 Å². The van der Waals surface area contributed by atoms with Crippen molar-refractivity contribution in [2.24, 2.45) is 5.92 Å². The van der Waals surface area contributed by atoms with E-state index in [9.17, 15) is 4.79 Å². The van der Waals surface area contributed by atoms with Gasteiger partial charge in [0.25, 0.3) is 0 Å². The van der Waals surface area contributed by atoms with Crippen LogP contribution in [0.4, 0.5) is 0 Å². The molecule has 1 amide bonds. The SMILES string of the molecule is CCOC1CC1C(=O)NC(c1ccc(Cl)cc1)C1CN(C)CCO1. The maximum Gasteiger partial charge on any atom is 0.226 e. The van der Waals surface area contributed by atoms with Crippen LogP contribution < -0.4 is 5.32 Å². The largest absolute Gasteiger partial charge is 0.378 e. The Hall–Kier alpha value is -1.14. The van der Waals surface area contributed by atoms with Gasteiger partial charge in [-0.2, -0.15) is 0 Å². The number of likely N-dealkylation sites (N-methyl/N-ethyl adjacent to an activating group) is 1. The van der Waals surface area contributed by atoms with Crippen molar-refractivity contribution in [1.82, 2.24) is 10.2 Å². The van der Waals surface area contributed by atoms with Gasteiger partial charge in [-0.25, -0.2) is 0 Å². The monoisotopic (exact) mass is 352 g/mol. The lowest BCUT2D eigenvalue weighted by Crippen LogP contribution is -2.48. The number of ether oxygens (including phenoxy) is 2. The first-order chi connectivity index (χ1) is 11.6. The van der Waals surface area contributed by atoms with Crippen LogP contribution in [-0.4, -0.2) is 56.4 Å². The predicted octanol–water partition coefficient (Wildman–Crippen LogP) is 2.25. The number of carbonyl (C=O) groups excluding carboxylic acids is 1. The molecule has 5 nitrogen and oxygen atoms in total. The number of carbonyl (C=O) groups is 1. The summed E-state index contributed by atoms with van der Waals surface area (Å²) in [5, 5.41) is 3.86. The number of amides is 1. The first-order valence-electron chi connectivity index (χ1n) is 8.56. The van der Waals surface area contributed by atoms with Gasteiger partial charge in [0.05, 0.1) is 30.8 Å². The molecule has 0 bridgehead atoms. The zero-order chi connectivity index (χ0) is 17.1. The van der Waals surface area contributed by atoms with E-state index >= 15 is 0 Å². The smallest absolute Gasteiger partial charge is 0.226 e. The van der Waals surface area contributed by atoms with Crippen LogP contribution in [0.1, 0.15) is 24.9 Å². The molecule has 0 spiro atoms. The molecule has 4 unspecified atom stereocenters. The zero-order valence-corrected chi connectivity index (χ0v) is 15.0. The van der Waals surface area contributed by atoms with E-state index in [1.807, 2.05) is 31.2 Å². The van der Waals surface area contributed by atoms with Crippen molar-refractivity contribution < 1.29 is 14.3 Å². The van der Waals surface area contributed by atoms with E-state index in [-0.39, 0.29) is 30.1 Å². The Morgan fingerprint density at radius 3 is 2.88 bits per heavy atom. The molecule has 0 radical (unpaired) electrons. The quantitative estimate of drug-likeness (QED) is 0.853. The van der Waals surface area contributed by atoms with Crippen molar-refractivity contribution in [3.05, 3.63) is 34.9 Å². The van der Waals surface area contributed by atoms with Gasteiger partial charge >= 0.3 is 0 Å². The number of rotatable bonds is 6. The Labute approximate surface area is 148 Å². The molecule has 24 heavy (non-hydrogen) atoms. The molecule has 1 aliphatic carbocycles. The van der Waals surface area contributed by atoms with Crippen molar-refractivity contribution in [1.29, 1.82) is 0 Å². The second-order valence-electron chi connectivity index (χ2n) is 6.55. The maximum absolute atomic E-state index is 12.6. The highest BCUT2D eigenvalue weighted by Gasteiger charge is 2.45. The van der Waals surface area contributed by atoms with Gasteiger partial charge in [-0.05, 0) is 38.1 Å². The molecule has 4 atom stereocenters. The van der Waals surface area contributed by atoms with E-state index in [0.29, 0.717) is 18.2 Å². The van der Waals surface area contributed by atoms with E-state index in [1.165, 1.54) is 0 Å². The van der Waals surface area contributed by atoms with Crippen LogP contribution in [-0.2, 0) is 14.3 Å². The summed E-state index contributed by atoms with van der Waals surface area (Å²) in [4.78, 5) is 14.8. The molecule has 6 heteroatoms. The van der Waals surface area contributed by atoms with Gasteiger partial charge in [0, 0.05) is 24.7 Å². The second kappa shape index (κ2) is 7.83. The van der Waals surface area contributed by atoms with Gasteiger partial charge in [-0.3, -0.25) is 4.79 Å². The van der Waals surface area contributed by atoms with Crippen LogP contribution in [0.3, 0.4) is 0 Å². The van der Waals surface area contributed by atoms with E-state index in [4.69, 9.17) is 21.1 Å². The summed E-state index contributed by atoms with van der Waals surface area (Å²) in [6.45, 7) is 4.97. The Bertz CT molecular complexity index is 566. The normalized spacial score (nSPS) is 28.4. The van der Waals surface area contributed by atoms with Crippen LogP contribution in [0, 0.1) is 5.92 Å². The fraction of sp³-hybridized carbons (Fsp3) is 0.611. The number of nitrogens with one attached hydrogen (secondary N) is 1. The van der Waals surface area contributed by atoms with Gasteiger partial charge in [-0.1, -0.05) is 23.7 Å². The summed E-state index contributed by atoms with van der Waals surface area (Å²) in [5.74, 6) is 0.00583. The topological polar surface area (TPSA) is 50.8 Å². The van der Waals surface area contributed by atoms with Gasteiger partial charge in [0.2, 0.25) is 5.91 Å². The van der Waals surface area contributed by atoms with Crippen LogP contribution in [0.5, 0.6) is 0 Å². The minimum atomic E-state index is -0.180. The number of nitrogens with zero attached hydrogens (tertiary/aromatic N) is 1. The molecule has 1 aromatic carbocycles. The molecule has 1 saturated carbocycles. The number of hydrogen-bond acceptors (Lipinski definition) is 4. The molecule has 1 saturated heterocycles. The minimum absolute atomic E-state index is 0.0407. The number of benzene rings is 1. The van der Waals surface area contributed by atoms with Crippen LogP contribution in [0.15, 0.2) is 24.3 Å². The molecule has 1 N–H and O–H groups in total. The fourth-order valence-electron chi connectivity index (χ4n) is 3.18. The summed E-state index contributed by atoms with van der Waals surface area (Å²) >= 11 is 6.00. The van der Waals surface area contributed by atoms with Crippen LogP contribution in [0.2, 0.25) is 5.02 Å². The fourth-order valence-corrected chi connectivity index (χ4v) is 3.31. The molecule has 2 fully saturated rings. The summed E-state index contributed by atoms with van der Waals surface area (Å²) in [5.41, 5.74) is 1.02. The maximum atomic E-state index is 12.6. The lowest BCUT2D eigenvalue weighted by molar-refractivity contribution is -0.126. The van der Waals surface area contributed by atoms with Crippen molar-refractivity contribution in [3.63, 3.8) is 0 Å². The highest BCUT2D eigenvalue weighted by Crippen LogP contribution is 2.35. The lowest BCUT2D eigenvalue weighted by atomic mass is 9.99. The average Bonchev–Trinajstić information content (AvgIpc) is 3.33. The highest BCUT2D eigenvalue weighted by molar-refractivity contribution is 6.30. The number of halogens is 1. The van der Waals surface area contributed by atoms with Gasteiger partial charge in [0.15, 0.2) is 0 Å². The molecular weight excluding hydrogens is 328 g/mol. The molecular formula is C18H25ClN2O3. The molecule has 132 valence electrons. The van der Waals surface area contributed by atoms with E-state index in [2.05, 4.69) is 17.3 Å². The number of hydrogen-bond donors (Lipinski definition) is 1. The van der Waals surface area contributed by atoms with Crippen LogP contribution in [0.25, 0.3) is 0 Å². The molecule has 0 aromatic heterocycles. The zero-order valence-electron chi connectivity index (χ0n) is 14.2. The third kappa shape index (κ3) is 4.28. The summed E-state index contributed by atoms with van der Waals surface area (Å²) < 4.78 is 11.5. The Kier molecular flexibility index (Phi) is 5.76. The predicted molar refractivity (Wildman–Crippen MR) is 93.1 cm³/mol. The molecule has 3 rings (SSSR count).